The van der Waals surface area contributed by atoms with Gasteiger partial charge in [-0.05, 0) is 60.5 Å². The highest BCUT2D eigenvalue weighted by molar-refractivity contribution is 6.05. The lowest BCUT2D eigenvalue weighted by molar-refractivity contribution is 0.0696. The van der Waals surface area contributed by atoms with E-state index in [0.29, 0.717) is 17.0 Å². The number of fused-ring (bicyclic) bond motifs is 1. The standard InChI is InChI=1S/C26H24FN3O3.C2H6/c1-14(2)25-24(19-9-4-15(26(31)32)11-23(19)33-3)20-12-21(29)16(13-28)10-22(20)30(25)18-7-5-17(27)6-8-18;1-2/h4-14,28H,29H2,1-3H3,(H,31,32);1-2H3. The van der Waals surface area contributed by atoms with E-state index in [4.69, 9.17) is 15.9 Å². The first-order chi connectivity index (χ1) is 16.8. The molecule has 0 saturated heterocycles. The van der Waals surface area contributed by atoms with Gasteiger partial charge in [0, 0.05) is 45.4 Å². The van der Waals surface area contributed by atoms with Gasteiger partial charge < -0.3 is 25.6 Å². The highest BCUT2D eigenvalue weighted by atomic mass is 19.1. The number of carboxylic acids is 1. The van der Waals surface area contributed by atoms with Crippen LogP contribution < -0.4 is 10.5 Å². The molecule has 7 heteroatoms. The number of nitrogens with two attached hydrogens (primary N) is 1. The van der Waals surface area contributed by atoms with Crippen LogP contribution in [0.25, 0.3) is 27.7 Å². The number of benzene rings is 3. The average Bonchev–Trinajstić information content (AvgIpc) is 3.18. The van der Waals surface area contributed by atoms with E-state index in [2.05, 4.69) is 13.8 Å². The molecule has 0 saturated carbocycles. The van der Waals surface area contributed by atoms with Crippen LogP contribution in [0.5, 0.6) is 5.75 Å². The number of anilines is 1. The zero-order valence-corrected chi connectivity index (χ0v) is 20.5. The molecule has 4 N–H and O–H groups in total. The van der Waals surface area contributed by atoms with Crippen molar-refractivity contribution in [1.82, 2.24) is 4.57 Å². The van der Waals surface area contributed by atoms with E-state index in [1.165, 1.54) is 31.5 Å². The SMILES string of the molecule is CC.COc1cc(C(=O)O)ccc1-c1c(C(C)C)n(-c2ccc(F)cc2)c2cc(C=N)c(N)cc12. The van der Waals surface area contributed by atoms with Crippen LogP contribution in [0, 0.1) is 11.2 Å². The third-order valence-electron chi connectivity index (χ3n) is 5.71. The van der Waals surface area contributed by atoms with Gasteiger partial charge in [-0.2, -0.15) is 0 Å². The van der Waals surface area contributed by atoms with E-state index in [9.17, 15) is 14.3 Å². The molecule has 0 aliphatic heterocycles. The van der Waals surface area contributed by atoms with Crippen LogP contribution in [-0.4, -0.2) is 29.0 Å². The maximum absolute atomic E-state index is 13.7. The van der Waals surface area contributed by atoms with Gasteiger partial charge in [-0.1, -0.05) is 27.7 Å². The number of hydrogen-bond donors (Lipinski definition) is 3. The van der Waals surface area contributed by atoms with Crippen LogP contribution >= 0.6 is 0 Å². The van der Waals surface area contributed by atoms with E-state index in [0.717, 1.165) is 33.4 Å². The quantitative estimate of drug-likeness (QED) is 0.209. The van der Waals surface area contributed by atoms with Crippen molar-refractivity contribution in [1.29, 1.82) is 5.41 Å². The number of nitrogen functional groups attached to an aromatic ring is 1. The average molecular weight is 476 g/mol. The Morgan fingerprint density at radius 2 is 1.77 bits per heavy atom. The maximum Gasteiger partial charge on any atom is 0.335 e. The molecule has 0 radical (unpaired) electrons. The fourth-order valence-corrected chi connectivity index (χ4v) is 4.24. The molecular formula is C28H30FN3O3. The van der Waals surface area contributed by atoms with Gasteiger partial charge in [-0.3, -0.25) is 0 Å². The van der Waals surface area contributed by atoms with Gasteiger partial charge in [0.05, 0.1) is 18.2 Å². The number of methoxy groups -OCH3 is 1. The Balaban J connectivity index is 0.00000167. The number of carbonyl (C=O) groups is 1. The first-order valence-electron chi connectivity index (χ1n) is 11.4. The Kier molecular flexibility index (Phi) is 7.59. The largest absolute Gasteiger partial charge is 0.496 e. The molecule has 3 aromatic carbocycles. The van der Waals surface area contributed by atoms with Gasteiger partial charge in [-0.15, -0.1) is 0 Å². The predicted octanol–water partition coefficient (Wildman–Crippen LogP) is 6.87. The number of nitrogens with zero attached hydrogens (tertiary/aromatic N) is 1. The summed E-state index contributed by atoms with van der Waals surface area (Å²) in [6, 6.07) is 14.7. The van der Waals surface area contributed by atoms with Crippen LogP contribution in [0.2, 0.25) is 0 Å². The van der Waals surface area contributed by atoms with Crippen molar-refractivity contribution in [3.05, 3.63) is 77.2 Å². The smallest absolute Gasteiger partial charge is 0.335 e. The summed E-state index contributed by atoms with van der Waals surface area (Å²) in [4.78, 5) is 11.5. The summed E-state index contributed by atoms with van der Waals surface area (Å²) in [6.45, 7) is 8.10. The molecule has 0 aliphatic rings. The molecule has 35 heavy (non-hydrogen) atoms. The summed E-state index contributed by atoms with van der Waals surface area (Å²) in [5.41, 5.74) is 11.5. The van der Waals surface area contributed by atoms with Gasteiger partial charge in [0.25, 0.3) is 0 Å². The summed E-state index contributed by atoms with van der Waals surface area (Å²) in [6.07, 6.45) is 1.20. The third kappa shape index (κ3) is 4.62. The van der Waals surface area contributed by atoms with E-state index < -0.39 is 5.97 Å². The fraction of sp³-hybridized carbons (Fsp3) is 0.214. The number of aromatic nitrogens is 1. The minimum atomic E-state index is -1.04. The topological polar surface area (TPSA) is 101 Å². The summed E-state index contributed by atoms with van der Waals surface area (Å²) in [7, 11) is 1.50. The zero-order chi connectivity index (χ0) is 25.9. The summed E-state index contributed by atoms with van der Waals surface area (Å²) < 4.78 is 21.3. The number of carboxylic acid groups (broad SMARTS) is 1. The van der Waals surface area contributed by atoms with Crippen molar-refractivity contribution in [3.8, 4) is 22.6 Å². The van der Waals surface area contributed by atoms with E-state index >= 15 is 0 Å². The minimum Gasteiger partial charge on any atom is -0.496 e. The Morgan fingerprint density at radius 1 is 1.11 bits per heavy atom. The maximum atomic E-state index is 13.7. The van der Waals surface area contributed by atoms with Crippen molar-refractivity contribution in [2.45, 2.75) is 33.6 Å². The highest BCUT2D eigenvalue weighted by Gasteiger charge is 2.25. The predicted molar refractivity (Wildman–Crippen MR) is 140 cm³/mol. The van der Waals surface area contributed by atoms with Gasteiger partial charge in [0.15, 0.2) is 0 Å². The second kappa shape index (κ2) is 10.4. The second-order valence-corrected chi connectivity index (χ2v) is 8.09. The molecule has 182 valence electrons. The van der Waals surface area contributed by atoms with Gasteiger partial charge >= 0.3 is 5.97 Å². The number of hydrogen-bond acceptors (Lipinski definition) is 4. The van der Waals surface area contributed by atoms with Gasteiger partial charge in [-0.25, -0.2) is 9.18 Å². The number of nitrogens with one attached hydrogen (secondary N) is 1. The number of aromatic carboxylic acids is 1. The second-order valence-electron chi connectivity index (χ2n) is 8.09. The Bertz CT molecular complexity index is 1390. The molecule has 0 bridgehead atoms. The molecule has 4 rings (SSSR count). The first kappa shape index (κ1) is 25.5. The Labute approximate surface area is 204 Å². The Morgan fingerprint density at radius 3 is 2.31 bits per heavy atom. The van der Waals surface area contributed by atoms with E-state index in [1.807, 2.05) is 30.5 Å². The van der Waals surface area contributed by atoms with Crippen LogP contribution in [-0.2, 0) is 0 Å². The Hall–Kier alpha value is -4.13. The van der Waals surface area contributed by atoms with E-state index in [-0.39, 0.29) is 17.3 Å². The highest BCUT2D eigenvalue weighted by Crippen LogP contribution is 2.45. The van der Waals surface area contributed by atoms with Crippen molar-refractivity contribution < 1.29 is 19.0 Å². The van der Waals surface area contributed by atoms with Crippen LogP contribution in [0.4, 0.5) is 10.1 Å². The third-order valence-corrected chi connectivity index (χ3v) is 5.71. The summed E-state index contributed by atoms with van der Waals surface area (Å²) in [5, 5.41) is 18.0. The lowest BCUT2D eigenvalue weighted by atomic mass is 9.94. The number of rotatable bonds is 6. The van der Waals surface area contributed by atoms with Crippen LogP contribution in [0.1, 0.15) is 55.2 Å². The van der Waals surface area contributed by atoms with Crippen molar-refractivity contribution >= 4 is 28.8 Å². The molecule has 4 aromatic rings. The van der Waals surface area contributed by atoms with Crippen molar-refractivity contribution in [2.24, 2.45) is 0 Å². The molecule has 0 atom stereocenters. The van der Waals surface area contributed by atoms with Crippen molar-refractivity contribution in [3.63, 3.8) is 0 Å². The molecule has 0 fully saturated rings. The molecule has 6 nitrogen and oxygen atoms in total. The fourth-order valence-electron chi connectivity index (χ4n) is 4.24. The van der Waals surface area contributed by atoms with E-state index in [1.54, 1.807) is 24.3 Å². The van der Waals surface area contributed by atoms with Crippen molar-refractivity contribution in [2.75, 3.05) is 12.8 Å². The molecule has 0 amide bonds. The lowest BCUT2D eigenvalue weighted by Gasteiger charge is -2.17. The van der Waals surface area contributed by atoms with Crippen LogP contribution in [0.3, 0.4) is 0 Å². The van der Waals surface area contributed by atoms with Gasteiger partial charge in [0.2, 0.25) is 0 Å². The number of ether oxygens (including phenoxy) is 1. The summed E-state index contributed by atoms with van der Waals surface area (Å²) >= 11 is 0. The lowest BCUT2D eigenvalue weighted by Crippen LogP contribution is -2.04. The summed E-state index contributed by atoms with van der Waals surface area (Å²) in [5.74, 6) is -0.926. The molecule has 0 aliphatic carbocycles. The normalized spacial score (nSPS) is 10.7. The number of halogens is 1. The molecule has 0 unspecified atom stereocenters. The minimum absolute atomic E-state index is 0.0333. The first-order valence-corrected chi connectivity index (χ1v) is 11.4. The molecule has 0 spiro atoms. The monoisotopic (exact) mass is 475 g/mol. The zero-order valence-electron chi connectivity index (χ0n) is 20.5. The van der Waals surface area contributed by atoms with Gasteiger partial charge in [0.1, 0.15) is 11.6 Å². The molecular weight excluding hydrogens is 445 g/mol. The molecule has 1 aromatic heterocycles. The molecule has 1 heterocycles. The van der Waals surface area contributed by atoms with Crippen LogP contribution in [0.15, 0.2) is 54.6 Å².